The third-order valence-electron chi connectivity index (χ3n) is 1.91. The number of rotatable bonds is 1. The van der Waals surface area contributed by atoms with E-state index >= 15 is 0 Å². The average molecular weight is 176 g/mol. The van der Waals surface area contributed by atoms with Crippen molar-refractivity contribution in [2.24, 2.45) is 10.9 Å². The SMILES string of the molecule is NC1=NOC(=O)[C@@H]1c1ccccc1. The summed E-state index contributed by atoms with van der Waals surface area (Å²) in [5.74, 6) is -0.721. The van der Waals surface area contributed by atoms with Crippen LogP contribution in [0.2, 0.25) is 0 Å². The Bertz CT molecular complexity index is 359. The van der Waals surface area contributed by atoms with Gasteiger partial charge in [0.15, 0.2) is 5.84 Å². The van der Waals surface area contributed by atoms with Gasteiger partial charge in [-0.15, -0.1) is 0 Å². The number of oxime groups is 1. The topological polar surface area (TPSA) is 64.7 Å². The van der Waals surface area contributed by atoms with Gasteiger partial charge in [0, 0.05) is 0 Å². The van der Waals surface area contributed by atoms with E-state index in [1.807, 2.05) is 30.3 Å². The van der Waals surface area contributed by atoms with Gasteiger partial charge in [-0.25, -0.2) is 4.79 Å². The number of nitrogens with two attached hydrogens (primary N) is 1. The zero-order valence-corrected chi connectivity index (χ0v) is 6.81. The number of carbonyl (C=O) groups excluding carboxylic acids is 1. The van der Waals surface area contributed by atoms with E-state index in [9.17, 15) is 4.79 Å². The summed E-state index contributed by atoms with van der Waals surface area (Å²) in [4.78, 5) is 15.6. The largest absolute Gasteiger partial charge is 0.383 e. The van der Waals surface area contributed by atoms with Crippen molar-refractivity contribution in [2.75, 3.05) is 0 Å². The van der Waals surface area contributed by atoms with Crippen LogP contribution in [-0.4, -0.2) is 11.8 Å². The molecule has 1 aliphatic rings. The molecule has 0 bridgehead atoms. The molecule has 2 N–H and O–H groups in total. The highest BCUT2D eigenvalue weighted by Crippen LogP contribution is 2.21. The van der Waals surface area contributed by atoms with Gasteiger partial charge < -0.3 is 10.6 Å². The molecule has 4 heteroatoms. The summed E-state index contributed by atoms with van der Waals surface area (Å²) in [5, 5.41) is 3.42. The normalized spacial score (nSPS) is 21.1. The maximum Gasteiger partial charge on any atom is 0.350 e. The van der Waals surface area contributed by atoms with Crippen LogP contribution in [0.4, 0.5) is 0 Å². The third kappa shape index (κ3) is 1.26. The molecule has 1 heterocycles. The van der Waals surface area contributed by atoms with Crippen molar-refractivity contribution in [3.63, 3.8) is 0 Å². The van der Waals surface area contributed by atoms with Crippen LogP contribution in [0.5, 0.6) is 0 Å². The molecule has 2 rings (SSSR count). The lowest BCUT2D eigenvalue weighted by molar-refractivity contribution is -0.141. The van der Waals surface area contributed by atoms with Gasteiger partial charge in [0.2, 0.25) is 0 Å². The number of nitrogens with zero attached hydrogens (tertiary/aromatic N) is 1. The van der Waals surface area contributed by atoms with E-state index in [1.54, 1.807) is 0 Å². The molecule has 0 amide bonds. The summed E-state index contributed by atoms with van der Waals surface area (Å²) < 4.78 is 0. The number of carbonyl (C=O) groups is 1. The fraction of sp³-hybridized carbons (Fsp3) is 0.111. The van der Waals surface area contributed by atoms with Crippen molar-refractivity contribution in [1.29, 1.82) is 0 Å². The molecule has 4 nitrogen and oxygen atoms in total. The summed E-state index contributed by atoms with van der Waals surface area (Å²) in [7, 11) is 0. The van der Waals surface area contributed by atoms with Gasteiger partial charge in [-0.05, 0) is 5.56 Å². The minimum atomic E-state index is -0.527. The summed E-state index contributed by atoms with van der Waals surface area (Å²) in [6.45, 7) is 0. The van der Waals surface area contributed by atoms with E-state index in [4.69, 9.17) is 5.73 Å². The van der Waals surface area contributed by atoms with Crippen LogP contribution >= 0.6 is 0 Å². The molecule has 0 saturated carbocycles. The molecule has 1 aliphatic heterocycles. The van der Waals surface area contributed by atoms with Gasteiger partial charge in [-0.2, -0.15) is 0 Å². The van der Waals surface area contributed by atoms with Gasteiger partial charge in [0.05, 0.1) is 0 Å². The first kappa shape index (κ1) is 7.79. The zero-order chi connectivity index (χ0) is 9.26. The molecule has 1 atom stereocenters. The second-order valence-corrected chi connectivity index (χ2v) is 2.77. The van der Waals surface area contributed by atoms with Crippen molar-refractivity contribution < 1.29 is 9.63 Å². The molecule has 0 fully saturated rings. The fourth-order valence-corrected chi connectivity index (χ4v) is 1.28. The predicted octanol–water partition coefficient (Wildman–Crippen LogP) is 0.599. The standard InChI is InChI=1S/C9H8N2O2/c10-8-7(9(12)13-11-8)6-4-2-1-3-5-6/h1-5,7H,(H2,10,11)/t7-/m1/s1. The van der Waals surface area contributed by atoms with Crippen LogP contribution in [-0.2, 0) is 9.63 Å². The highest BCUT2D eigenvalue weighted by atomic mass is 16.7. The Labute approximate surface area is 75.0 Å². The number of benzene rings is 1. The quantitative estimate of drug-likeness (QED) is 0.637. The second kappa shape index (κ2) is 2.90. The fourth-order valence-electron chi connectivity index (χ4n) is 1.28. The predicted molar refractivity (Wildman–Crippen MR) is 46.9 cm³/mol. The molecule has 66 valence electrons. The lowest BCUT2D eigenvalue weighted by Crippen LogP contribution is -2.22. The molecular weight excluding hydrogens is 168 g/mol. The maximum absolute atomic E-state index is 11.2. The monoisotopic (exact) mass is 176 g/mol. The van der Waals surface area contributed by atoms with E-state index in [2.05, 4.69) is 9.99 Å². The molecular formula is C9H8N2O2. The Balaban J connectivity index is 2.36. The Hall–Kier alpha value is -1.84. The minimum Gasteiger partial charge on any atom is -0.383 e. The van der Waals surface area contributed by atoms with Crippen LogP contribution in [0.15, 0.2) is 35.5 Å². The van der Waals surface area contributed by atoms with Crippen molar-refractivity contribution in [3.8, 4) is 0 Å². The van der Waals surface area contributed by atoms with E-state index in [0.717, 1.165) is 5.56 Å². The lowest BCUT2D eigenvalue weighted by atomic mass is 9.99. The maximum atomic E-state index is 11.2. The molecule has 1 aromatic carbocycles. The van der Waals surface area contributed by atoms with Gasteiger partial charge in [-0.1, -0.05) is 35.5 Å². The van der Waals surface area contributed by atoms with Crippen LogP contribution in [0.1, 0.15) is 11.5 Å². The highest BCUT2D eigenvalue weighted by molar-refractivity contribution is 6.08. The van der Waals surface area contributed by atoms with Gasteiger partial charge in [0.25, 0.3) is 0 Å². The number of hydrogen-bond acceptors (Lipinski definition) is 4. The summed E-state index contributed by atoms with van der Waals surface area (Å²) in [6.07, 6.45) is 0. The number of hydrogen-bond donors (Lipinski definition) is 1. The summed E-state index contributed by atoms with van der Waals surface area (Å²) >= 11 is 0. The molecule has 13 heavy (non-hydrogen) atoms. The van der Waals surface area contributed by atoms with Crippen molar-refractivity contribution in [1.82, 2.24) is 0 Å². The first-order chi connectivity index (χ1) is 6.29. The van der Waals surface area contributed by atoms with Crippen LogP contribution in [0.3, 0.4) is 0 Å². The number of amidine groups is 1. The van der Waals surface area contributed by atoms with Gasteiger partial charge in [-0.3, -0.25) is 0 Å². The van der Waals surface area contributed by atoms with Crippen molar-refractivity contribution in [3.05, 3.63) is 35.9 Å². The molecule has 0 radical (unpaired) electrons. The Morgan fingerprint density at radius 2 is 2.00 bits per heavy atom. The van der Waals surface area contributed by atoms with Gasteiger partial charge >= 0.3 is 5.97 Å². The summed E-state index contributed by atoms with van der Waals surface area (Å²) in [6, 6.07) is 9.19. The molecule has 0 aliphatic carbocycles. The molecule has 0 aromatic heterocycles. The molecule has 0 unspecified atom stereocenters. The first-order valence-electron chi connectivity index (χ1n) is 3.88. The Kier molecular flexibility index (Phi) is 1.73. The van der Waals surface area contributed by atoms with E-state index in [1.165, 1.54) is 0 Å². The minimum absolute atomic E-state index is 0.219. The molecule has 0 saturated heterocycles. The summed E-state index contributed by atoms with van der Waals surface area (Å²) in [5.41, 5.74) is 6.32. The average Bonchev–Trinajstić information content (AvgIpc) is 2.48. The van der Waals surface area contributed by atoms with E-state index in [-0.39, 0.29) is 5.84 Å². The van der Waals surface area contributed by atoms with Crippen LogP contribution in [0.25, 0.3) is 0 Å². The van der Waals surface area contributed by atoms with Crippen molar-refractivity contribution in [2.45, 2.75) is 5.92 Å². The first-order valence-corrected chi connectivity index (χ1v) is 3.88. The Morgan fingerprint density at radius 3 is 2.54 bits per heavy atom. The van der Waals surface area contributed by atoms with Crippen LogP contribution in [0, 0.1) is 0 Å². The third-order valence-corrected chi connectivity index (χ3v) is 1.91. The zero-order valence-electron chi connectivity index (χ0n) is 6.81. The van der Waals surface area contributed by atoms with Crippen LogP contribution < -0.4 is 5.73 Å². The van der Waals surface area contributed by atoms with E-state index < -0.39 is 11.9 Å². The molecule has 1 aromatic rings. The molecule has 0 spiro atoms. The van der Waals surface area contributed by atoms with Crippen molar-refractivity contribution >= 4 is 11.8 Å². The smallest absolute Gasteiger partial charge is 0.350 e. The highest BCUT2D eigenvalue weighted by Gasteiger charge is 2.32. The van der Waals surface area contributed by atoms with E-state index in [0.29, 0.717) is 0 Å². The van der Waals surface area contributed by atoms with Gasteiger partial charge in [0.1, 0.15) is 5.92 Å². The lowest BCUT2D eigenvalue weighted by Gasteiger charge is -2.04. The Morgan fingerprint density at radius 1 is 1.31 bits per heavy atom. The second-order valence-electron chi connectivity index (χ2n) is 2.77.